The number of aliphatic hydroxyl groups excluding tert-OH is 3. The van der Waals surface area contributed by atoms with Crippen LogP contribution in [-0.4, -0.2) is 54.7 Å². The van der Waals surface area contributed by atoms with Crippen molar-refractivity contribution in [1.29, 1.82) is 0 Å². The number of pyridine rings is 1. The standard InChI is InChI=1S/C27H40N4O4S/c1-2-3-6-9-20(32)12-13-22-21(23(33)18-24(22)34)10-7-4-5-8-11-25(35)29-27-31-30-26(36-27)19-14-16-28-17-15-19/h12-17,20-24,32-34H,2-11,18H2,1H3,(H,29,31,35)/b13-12+/t20-,21+,22+,23-,24+/m0/s1. The van der Waals surface area contributed by atoms with Crippen LogP contribution in [0, 0.1) is 11.8 Å². The van der Waals surface area contributed by atoms with E-state index >= 15 is 0 Å². The van der Waals surface area contributed by atoms with Gasteiger partial charge in [-0.25, -0.2) is 0 Å². The Labute approximate surface area is 217 Å². The molecular formula is C27H40N4O4S. The van der Waals surface area contributed by atoms with Crippen LogP contribution in [0.5, 0.6) is 0 Å². The van der Waals surface area contributed by atoms with Crippen molar-refractivity contribution >= 4 is 22.4 Å². The number of rotatable bonds is 15. The highest BCUT2D eigenvalue weighted by molar-refractivity contribution is 7.18. The Balaban J connectivity index is 1.33. The summed E-state index contributed by atoms with van der Waals surface area (Å²) in [4.78, 5) is 16.3. The predicted octanol–water partition coefficient (Wildman–Crippen LogP) is 4.73. The first kappa shape index (κ1) is 28.4. The molecule has 4 N–H and O–H groups in total. The molecule has 0 saturated heterocycles. The molecule has 3 rings (SSSR count). The maximum absolute atomic E-state index is 12.3. The fourth-order valence-electron chi connectivity index (χ4n) is 4.82. The van der Waals surface area contributed by atoms with E-state index in [1.54, 1.807) is 18.5 Å². The minimum atomic E-state index is -0.563. The number of hydrogen-bond donors (Lipinski definition) is 4. The SMILES string of the molecule is CCCCC[C@H](O)/C=C/[C@@H]1[C@@H](CCCCCCC(=O)Nc2nnc(-c3ccncc3)s2)[C@@H](O)C[C@H]1O. The molecular weight excluding hydrogens is 476 g/mol. The van der Waals surface area contributed by atoms with Crippen molar-refractivity contribution < 1.29 is 20.1 Å². The first-order valence-electron chi connectivity index (χ1n) is 13.2. The summed E-state index contributed by atoms with van der Waals surface area (Å²) in [7, 11) is 0. The van der Waals surface area contributed by atoms with E-state index < -0.39 is 18.3 Å². The van der Waals surface area contributed by atoms with Crippen molar-refractivity contribution in [3.63, 3.8) is 0 Å². The summed E-state index contributed by atoms with van der Waals surface area (Å²) >= 11 is 1.34. The summed E-state index contributed by atoms with van der Waals surface area (Å²) in [6.45, 7) is 2.14. The van der Waals surface area contributed by atoms with Crippen molar-refractivity contribution in [1.82, 2.24) is 15.2 Å². The molecule has 1 amide bonds. The van der Waals surface area contributed by atoms with Crippen LogP contribution in [0.15, 0.2) is 36.7 Å². The Hall–Kier alpha value is -2.20. The number of aromatic nitrogens is 3. The number of hydrogen-bond acceptors (Lipinski definition) is 8. The summed E-state index contributed by atoms with van der Waals surface area (Å²) in [5, 5.41) is 43.2. The van der Waals surface area contributed by atoms with Gasteiger partial charge in [-0.15, -0.1) is 10.2 Å². The molecule has 198 valence electrons. The van der Waals surface area contributed by atoms with Crippen molar-refractivity contribution in [2.75, 3.05) is 5.32 Å². The third-order valence-electron chi connectivity index (χ3n) is 6.86. The molecule has 2 heterocycles. The summed E-state index contributed by atoms with van der Waals surface area (Å²) in [5.41, 5.74) is 0.920. The smallest absolute Gasteiger partial charge is 0.226 e. The number of unbranched alkanes of at least 4 members (excludes halogenated alkanes) is 5. The number of amides is 1. The molecule has 0 bridgehead atoms. The minimum absolute atomic E-state index is 0.00869. The first-order valence-corrected chi connectivity index (χ1v) is 14.1. The normalized spacial score (nSPS) is 22.8. The van der Waals surface area contributed by atoms with Gasteiger partial charge in [0.15, 0.2) is 0 Å². The van der Waals surface area contributed by atoms with E-state index in [2.05, 4.69) is 27.4 Å². The molecule has 2 aromatic heterocycles. The maximum atomic E-state index is 12.3. The van der Waals surface area contributed by atoms with Gasteiger partial charge in [-0.2, -0.15) is 0 Å². The molecule has 0 unspecified atom stereocenters. The summed E-state index contributed by atoms with van der Waals surface area (Å²) < 4.78 is 0. The highest BCUT2D eigenvalue weighted by Crippen LogP contribution is 2.37. The summed E-state index contributed by atoms with van der Waals surface area (Å²) in [6, 6.07) is 3.71. The van der Waals surface area contributed by atoms with Gasteiger partial charge >= 0.3 is 0 Å². The number of anilines is 1. The molecule has 1 aliphatic rings. The molecule has 1 fully saturated rings. The second-order valence-corrected chi connectivity index (χ2v) is 10.7. The Morgan fingerprint density at radius 1 is 1.11 bits per heavy atom. The Kier molecular flexibility index (Phi) is 11.9. The number of carbonyl (C=O) groups is 1. The number of nitrogens with zero attached hydrogens (tertiary/aromatic N) is 3. The van der Waals surface area contributed by atoms with Gasteiger partial charge in [0, 0.05) is 36.7 Å². The number of carbonyl (C=O) groups excluding carboxylic acids is 1. The zero-order valence-electron chi connectivity index (χ0n) is 21.1. The molecule has 0 aliphatic heterocycles. The Bertz CT molecular complexity index is 939. The fourth-order valence-corrected chi connectivity index (χ4v) is 5.58. The summed E-state index contributed by atoms with van der Waals surface area (Å²) in [6.07, 6.45) is 14.7. The van der Waals surface area contributed by atoms with Crippen molar-refractivity contribution in [3.05, 3.63) is 36.7 Å². The lowest BCUT2D eigenvalue weighted by molar-refractivity contribution is -0.116. The molecule has 1 saturated carbocycles. The van der Waals surface area contributed by atoms with Gasteiger partial charge in [0.1, 0.15) is 5.01 Å². The molecule has 36 heavy (non-hydrogen) atoms. The molecule has 1 aliphatic carbocycles. The predicted molar refractivity (Wildman–Crippen MR) is 142 cm³/mol. The van der Waals surface area contributed by atoms with Gasteiger partial charge in [-0.3, -0.25) is 9.78 Å². The Morgan fingerprint density at radius 2 is 1.89 bits per heavy atom. The van der Waals surface area contributed by atoms with Gasteiger partial charge in [0.05, 0.1) is 18.3 Å². The third kappa shape index (κ3) is 9.03. The first-order chi connectivity index (χ1) is 17.5. The largest absolute Gasteiger partial charge is 0.393 e. The van der Waals surface area contributed by atoms with Gasteiger partial charge in [-0.1, -0.05) is 68.9 Å². The number of aliphatic hydroxyl groups is 3. The molecule has 0 aromatic carbocycles. The van der Waals surface area contributed by atoms with Crippen LogP contribution in [0.4, 0.5) is 5.13 Å². The topological polar surface area (TPSA) is 128 Å². The Morgan fingerprint density at radius 3 is 2.67 bits per heavy atom. The molecule has 9 heteroatoms. The van der Waals surface area contributed by atoms with E-state index in [0.29, 0.717) is 18.0 Å². The lowest BCUT2D eigenvalue weighted by Crippen LogP contribution is -2.21. The number of nitrogens with one attached hydrogen (secondary N) is 1. The lowest BCUT2D eigenvalue weighted by Gasteiger charge is -2.21. The second kappa shape index (κ2) is 15.1. The van der Waals surface area contributed by atoms with E-state index in [1.807, 2.05) is 18.2 Å². The van der Waals surface area contributed by atoms with Crippen LogP contribution < -0.4 is 5.32 Å². The van der Waals surface area contributed by atoms with E-state index in [-0.39, 0.29) is 17.7 Å². The monoisotopic (exact) mass is 516 g/mol. The second-order valence-electron chi connectivity index (χ2n) is 9.71. The van der Waals surface area contributed by atoms with Crippen molar-refractivity contribution in [2.45, 2.75) is 95.9 Å². The highest BCUT2D eigenvalue weighted by atomic mass is 32.1. The van der Waals surface area contributed by atoms with E-state index in [0.717, 1.165) is 68.4 Å². The lowest BCUT2D eigenvalue weighted by atomic mass is 9.88. The van der Waals surface area contributed by atoms with Crippen molar-refractivity contribution in [3.8, 4) is 10.6 Å². The zero-order valence-corrected chi connectivity index (χ0v) is 21.9. The quantitative estimate of drug-likeness (QED) is 0.199. The van der Waals surface area contributed by atoms with E-state index in [9.17, 15) is 20.1 Å². The third-order valence-corrected chi connectivity index (χ3v) is 7.75. The molecule has 0 radical (unpaired) electrons. The van der Waals surface area contributed by atoms with Gasteiger partial charge in [0.2, 0.25) is 11.0 Å². The van der Waals surface area contributed by atoms with Gasteiger partial charge in [0.25, 0.3) is 0 Å². The molecule has 8 nitrogen and oxygen atoms in total. The molecule has 5 atom stereocenters. The molecule has 2 aromatic rings. The zero-order chi connectivity index (χ0) is 25.8. The van der Waals surface area contributed by atoms with E-state index in [1.165, 1.54) is 11.3 Å². The van der Waals surface area contributed by atoms with Crippen LogP contribution >= 0.6 is 11.3 Å². The van der Waals surface area contributed by atoms with Crippen LogP contribution in [0.3, 0.4) is 0 Å². The summed E-state index contributed by atoms with van der Waals surface area (Å²) in [5.74, 6) is -0.172. The minimum Gasteiger partial charge on any atom is -0.393 e. The van der Waals surface area contributed by atoms with Crippen LogP contribution in [0.2, 0.25) is 0 Å². The van der Waals surface area contributed by atoms with E-state index in [4.69, 9.17) is 0 Å². The van der Waals surface area contributed by atoms with Crippen LogP contribution in [0.1, 0.15) is 77.6 Å². The average Bonchev–Trinajstić information content (AvgIpc) is 3.44. The van der Waals surface area contributed by atoms with Crippen LogP contribution in [-0.2, 0) is 4.79 Å². The van der Waals surface area contributed by atoms with Gasteiger partial charge < -0.3 is 20.6 Å². The van der Waals surface area contributed by atoms with Crippen molar-refractivity contribution in [2.24, 2.45) is 11.8 Å². The fraction of sp³-hybridized carbons (Fsp3) is 0.630. The maximum Gasteiger partial charge on any atom is 0.226 e. The van der Waals surface area contributed by atoms with Crippen LogP contribution in [0.25, 0.3) is 10.6 Å². The highest BCUT2D eigenvalue weighted by Gasteiger charge is 2.39. The average molecular weight is 517 g/mol. The van der Waals surface area contributed by atoms with Gasteiger partial charge in [-0.05, 0) is 37.3 Å². The molecule has 0 spiro atoms.